The van der Waals surface area contributed by atoms with Crippen LogP contribution in [0.2, 0.25) is 0 Å². The van der Waals surface area contributed by atoms with Crippen molar-refractivity contribution >= 4 is 15.7 Å². The number of carbonyl (C=O) groups excluding carboxylic acids is 1. The summed E-state index contributed by atoms with van der Waals surface area (Å²) in [6.45, 7) is 4.74. The van der Waals surface area contributed by atoms with E-state index >= 15 is 0 Å². The first-order valence-electron chi connectivity index (χ1n) is 8.44. The first kappa shape index (κ1) is 18.8. The van der Waals surface area contributed by atoms with Crippen molar-refractivity contribution in [3.8, 4) is 5.75 Å². The Morgan fingerprint density at radius 2 is 1.79 bits per heavy atom. The summed E-state index contributed by atoms with van der Waals surface area (Å²) in [5.74, 6) is 1.29. The van der Waals surface area contributed by atoms with E-state index in [-0.39, 0.29) is 22.8 Å². The monoisotopic (exact) mass is 353 g/mol. The van der Waals surface area contributed by atoms with Crippen LogP contribution in [0.15, 0.2) is 24.3 Å². The van der Waals surface area contributed by atoms with E-state index in [0.717, 1.165) is 24.2 Å². The molecule has 1 fully saturated rings. The van der Waals surface area contributed by atoms with Crippen molar-refractivity contribution in [1.29, 1.82) is 0 Å². The Hall–Kier alpha value is -1.56. The molecule has 1 aliphatic rings. The lowest BCUT2D eigenvalue weighted by molar-refractivity contribution is -0.131. The number of hydrogen-bond donors (Lipinski definition) is 0. The summed E-state index contributed by atoms with van der Waals surface area (Å²) >= 11 is 0. The van der Waals surface area contributed by atoms with Gasteiger partial charge in [0.25, 0.3) is 0 Å². The topological polar surface area (TPSA) is 63.7 Å². The number of nitrogens with zero attached hydrogens (tertiary/aromatic N) is 1. The first-order chi connectivity index (χ1) is 11.3. The van der Waals surface area contributed by atoms with E-state index in [4.69, 9.17) is 4.74 Å². The Balaban J connectivity index is 1.84. The number of sulfone groups is 1. The number of hydrogen-bond acceptors (Lipinski definition) is 4. The quantitative estimate of drug-likeness (QED) is 0.787. The average Bonchev–Trinajstić information content (AvgIpc) is 2.55. The van der Waals surface area contributed by atoms with Crippen LogP contribution in [-0.4, -0.2) is 50.4 Å². The Kier molecular flexibility index (Phi) is 6.27. The Bertz CT molecular complexity index is 644. The van der Waals surface area contributed by atoms with Gasteiger partial charge in [-0.2, -0.15) is 0 Å². The highest BCUT2D eigenvalue weighted by molar-refractivity contribution is 7.91. The molecule has 0 aliphatic carbocycles. The molecule has 0 spiro atoms. The summed E-state index contributed by atoms with van der Waals surface area (Å²) in [6, 6.07) is 7.51. The van der Waals surface area contributed by atoms with Crippen LogP contribution in [0, 0.1) is 5.92 Å². The third-order valence-electron chi connectivity index (χ3n) is 4.67. The number of benzene rings is 1. The van der Waals surface area contributed by atoms with Crippen LogP contribution in [0.5, 0.6) is 5.75 Å². The Morgan fingerprint density at radius 3 is 2.29 bits per heavy atom. The third kappa shape index (κ3) is 4.97. The number of carbonyl (C=O) groups is 1. The Labute approximate surface area is 144 Å². The SMILES string of the molecule is COc1ccc(CC(=O)N2CCC(CS(=O)(=O)C(C)C)CC2)cc1. The van der Waals surface area contributed by atoms with Gasteiger partial charge in [-0.1, -0.05) is 12.1 Å². The summed E-state index contributed by atoms with van der Waals surface area (Å²) in [6.07, 6.45) is 1.90. The summed E-state index contributed by atoms with van der Waals surface area (Å²) < 4.78 is 29.1. The van der Waals surface area contributed by atoms with E-state index < -0.39 is 9.84 Å². The summed E-state index contributed by atoms with van der Waals surface area (Å²) in [5.41, 5.74) is 0.963. The van der Waals surface area contributed by atoms with Crippen LogP contribution in [0.4, 0.5) is 0 Å². The van der Waals surface area contributed by atoms with Gasteiger partial charge in [-0.25, -0.2) is 8.42 Å². The standard InChI is InChI=1S/C18H27NO4S/c1-14(2)24(21,22)13-16-8-10-19(11-9-16)18(20)12-15-4-6-17(23-3)7-5-15/h4-7,14,16H,8-13H2,1-3H3. The van der Waals surface area contributed by atoms with Gasteiger partial charge < -0.3 is 9.64 Å². The molecule has 5 nitrogen and oxygen atoms in total. The maximum absolute atomic E-state index is 12.4. The van der Waals surface area contributed by atoms with Crippen LogP contribution in [0.1, 0.15) is 32.3 Å². The normalized spacial score (nSPS) is 16.4. The molecule has 0 unspecified atom stereocenters. The van der Waals surface area contributed by atoms with Gasteiger partial charge in [0, 0.05) is 13.1 Å². The Morgan fingerprint density at radius 1 is 1.21 bits per heavy atom. The number of ether oxygens (including phenoxy) is 1. The van der Waals surface area contributed by atoms with Crippen LogP contribution in [0.25, 0.3) is 0 Å². The van der Waals surface area contributed by atoms with Gasteiger partial charge in [0.15, 0.2) is 9.84 Å². The highest BCUT2D eigenvalue weighted by Crippen LogP contribution is 2.21. The smallest absolute Gasteiger partial charge is 0.226 e. The van der Waals surface area contributed by atoms with Crippen molar-refractivity contribution in [2.75, 3.05) is 26.0 Å². The second-order valence-corrected chi connectivity index (χ2v) is 9.33. The predicted octanol–water partition coefficient (Wildman–Crippen LogP) is 2.30. The fraction of sp³-hybridized carbons (Fsp3) is 0.611. The molecule has 134 valence electrons. The van der Waals surface area contributed by atoms with Gasteiger partial charge in [0.2, 0.25) is 5.91 Å². The van der Waals surface area contributed by atoms with Gasteiger partial charge in [0.05, 0.1) is 24.5 Å². The lowest BCUT2D eigenvalue weighted by Gasteiger charge is -2.32. The maximum Gasteiger partial charge on any atom is 0.226 e. The fourth-order valence-electron chi connectivity index (χ4n) is 2.90. The molecule has 1 saturated heterocycles. The predicted molar refractivity (Wildman–Crippen MR) is 94.9 cm³/mol. The van der Waals surface area contributed by atoms with Crippen molar-refractivity contribution < 1.29 is 17.9 Å². The largest absolute Gasteiger partial charge is 0.497 e. The zero-order valence-electron chi connectivity index (χ0n) is 14.7. The van der Waals surface area contributed by atoms with Gasteiger partial charge in [0.1, 0.15) is 5.75 Å². The summed E-state index contributed by atoms with van der Waals surface area (Å²) in [7, 11) is -1.39. The van der Waals surface area contributed by atoms with Crippen LogP contribution in [0.3, 0.4) is 0 Å². The molecule has 2 rings (SSSR count). The highest BCUT2D eigenvalue weighted by atomic mass is 32.2. The molecule has 0 N–H and O–H groups in total. The van der Waals surface area contributed by atoms with Crippen molar-refractivity contribution in [2.24, 2.45) is 5.92 Å². The number of piperidine rings is 1. The van der Waals surface area contributed by atoms with E-state index in [1.807, 2.05) is 29.2 Å². The van der Waals surface area contributed by atoms with Gasteiger partial charge in [-0.3, -0.25) is 4.79 Å². The van der Waals surface area contributed by atoms with E-state index in [1.54, 1.807) is 21.0 Å². The second kappa shape index (κ2) is 8.01. The molecular formula is C18H27NO4S. The fourth-order valence-corrected chi connectivity index (χ4v) is 4.28. The van der Waals surface area contributed by atoms with E-state index in [1.165, 1.54) is 0 Å². The zero-order valence-corrected chi connectivity index (χ0v) is 15.5. The number of amides is 1. The van der Waals surface area contributed by atoms with Gasteiger partial charge in [-0.15, -0.1) is 0 Å². The molecule has 0 radical (unpaired) electrons. The van der Waals surface area contributed by atoms with Crippen molar-refractivity contribution in [2.45, 2.75) is 38.4 Å². The molecule has 1 amide bonds. The molecule has 1 heterocycles. The lowest BCUT2D eigenvalue weighted by atomic mass is 9.98. The number of rotatable bonds is 6. The van der Waals surface area contributed by atoms with E-state index in [0.29, 0.717) is 19.5 Å². The lowest BCUT2D eigenvalue weighted by Crippen LogP contribution is -2.41. The molecule has 6 heteroatoms. The van der Waals surface area contributed by atoms with Crippen molar-refractivity contribution in [1.82, 2.24) is 4.90 Å². The molecule has 1 aromatic rings. The minimum atomic E-state index is -3.01. The van der Waals surface area contributed by atoms with Crippen LogP contribution >= 0.6 is 0 Å². The summed E-state index contributed by atoms with van der Waals surface area (Å²) in [5, 5.41) is -0.327. The van der Waals surface area contributed by atoms with Gasteiger partial charge in [-0.05, 0) is 50.3 Å². The van der Waals surface area contributed by atoms with Crippen molar-refractivity contribution in [3.63, 3.8) is 0 Å². The highest BCUT2D eigenvalue weighted by Gasteiger charge is 2.27. The van der Waals surface area contributed by atoms with Crippen molar-refractivity contribution in [3.05, 3.63) is 29.8 Å². The average molecular weight is 353 g/mol. The van der Waals surface area contributed by atoms with Gasteiger partial charge >= 0.3 is 0 Å². The minimum absolute atomic E-state index is 0.102. The molecule has 0 bridgehead atoms. The summed E-state index contributed by atoms with van der Waals surface area (Å²) in [4.78, 5) is 14.2. The third-order valence-corrected chi connectivity index (χ3v) is 7.04. The molecule has 0 saturated carbocycles. The molecule has 0 aromatic heterocycles. The number of methoxy groups -OCH3 is 1. The van der Waals surface area contributed by atoms with Crippen LogP contribution in [-0.2, 0) is 21.1 Å². The zero-order chi connectivity index (χ0) is 17.7. The molecule has 1 aliphatic heterocycles. The van der Waals surface area contributed by atoms with E-state index in [9.17, 15) is 13.2 Å². The molecule has 0 atom stereocenters. The molecule has 24 heavy (non-hydrogen) atoms. The van der Waals surface area contributed by atoms with E-state index in [2.05, 4.69) is 0 Å². The second-order valence-electron chi connectivity index (χ2n) is 6.73. The first-order valence-corrected chi connectivity index (χ1v) is 10.2. The van der Waals surface area contributed by atoms with Crippen LogP contribution < -0.4 is 4.74 Å². The molecular weight excluding hydrogens is 326 g/mol. The number of likely N-dealkylation sites (tertiary alicyclic amines) is 1. The minimum Gasteiger partial charge on any atom is -0.497 e. The molecule has 1 aromatic carbocycles. The maximum atomic E-state index is 12.4.